The number of nitrogens with zero attached hydrogens (tertiary/aromatic N) is 4. The van der Waals surface area contributed by atoms with Gasteiger partial charge in [0.2, 0.25) is 5.95 Å². The van der Waals surface area contributed by atoms with E-state index in [1.54, 1.807) is 0 Å². The van der Waals surface area contributed by atoms with Crippen molar-refractivity contribution in [3.05, 3.63) is 59.9 Å². The van der Waals surface area contributed by atoms with E-state index in [4.69, 9.17) is 5.73 Å². The Morgan fingerprint density at radius 3 is 2.36 bits per heavy atom. The second-order valence-corrected chi connectivity index (χ2v) is 6.17. The molecule has 1 aromatic heterocycles. The quantitative estimate of drug-likeness (QED) is 0.900. The first kappa shape index (κ1) is 17.1. The highest BCUT2D eigenvalue weighted by atomic mass is 16.1. The second kappa shape index (κ2) is 7.90. The third kappa shape index (κ3) is 4.42. The van der Waals surface area contributed by atoms with E-state index in [1.165, 1.54) is 18.0 Å². The van der Waals surface area contributed by atoms with Gasteiger partial charge >= 0.3 is 0 Å². The van der Waals surface area contributed by atoms with Crippen LogP contribution in [0.1, 0.15) is 22.8 Å². The first-order chi connectivity index (χ1) is 12.1. The van der Waals surface area contributed by atoms with Crippen molar-refractivity contribution in [2.24, 2.45) is 5.73 Å². The van der Waals surface area contributed by atoms with Crippen LogP contribution >= 0.6 is 0 Å². The molecule has 0 saturated carbocycles. The summed E-state index contributed by atoms with van der Waals surface area (Å²) >= 11 is 0. The number of piperazine rings is 1. The largest absolute Gasteiger partial charge is 0.366 e. The molecule has 1 atom stereocenters. The second-order valence-electron chi connectivity index (χ2n) is 6.17. The fourth-order valence-electron chi connectivity index (χ4n) is 2.88. The van der Waals surface area contributed by atoms with Crippen LogP contribution in [0.4, 0.5) is 5.95 Å². The molecule has 2 heterocycles. The van der Waals surface area contributed by atoms with E-state index in [0.29, 0.717) is 17.6 Å². The average Bonchev–Trinajstić information content (AvgIpc) is 2.67. The molecular weight excluding hydrogens is 314 g/mol. The predicted octanol–water partition coefficient (Wildman–Crippen LogP) is 1.80. The molecule has 25 heavy (non-hydrogen) atoms. The van der Waals surface area contributed by atoms with Crippen molar-refractivity contribution in [1.82, 2.24) is 14.9 Å². The number of hydrogen-bond donors (Lipinski definition) is 1. The Hall–Kier alpha value is -2.73. The van der Waals surface area contributed by atoms with Gasteiger partial charge in [-0.1, -0.05) is 42.5 Å². The van der Waals surface area contributed by atoms with Crippen molar-refractivity contribution in [3.8, 4) is 0 Å². The van der Waals surface area contributed by atoms with Crippen molar-refractivity contribution in [3.63, 3.8) is 0 Å². The summed E-state index contributed by atoms with van der Waals surface area (Å²) in [4.78, 5) is 24.2. The van der Waals surface area contributed by atoms with Gasteiger partial charge in [-0.25, -0.2) is 9.97 Å². The molecular formula is C19H23N5O. The summed E-state index contributed by atoms with van der Waals surface area (Å²) in [5, 5.41) is 0. The number of hydrogen-bond acceptors (Lipinski definition) is 5. The monoisotopic (exact) mass is 337 g/mol. The smallest absolute Gasteiger partial charge is 0.251 e. The number of nitrogens with two attached hydrogens (primary N) is 1. The third-order valence-electron chi connectivity index (χ3n) is 4.46. The van der Waals surface area contributed by atoms with Gasteiger partial charge in [-0.15, -0.1) is 0 Å². The van der Waals surface area contributed by atoms with Gasteiger partial charge in [0, 0.05) is 44.6 Å². The number of amides is 1. The maximum Gasteiger partial charge on any atom is 0.251 e. The summed E-state index contributed by atoms with van der Waals surface area (Å²) < 4.78 is 0. The lowest BCUT2D eigenvalue weighted by molar-refractivity contribution is 0.0999. The van der Waals surface area contributed by atoms with Gasteiger partial charge in [-0.2, -0.15) is 0 Å². The maximum absolute atomic E-state index is 11.1. The zero-order valence-electron chi connectivity index (χ0n) is 14.4. The zero-order chi connectivity index (χ0) is 17.6. The lowest BCUT2D eigenvalue weighted by atomic mass is 10.1. The van der Waals surface area contributed by atoms with E-state index in [9.17, 15) is 4.79 Å². The number of carbonyl (C=O) groups excluding carboxylic acids is 1. The van der Waals surface area contributed by atoms with Crippen LogP contribution in [-0.2, 0) is 0 Å². The summed E-state index contributed by atoms with van der Waals surface area (Å²) in [6.45, 7) is 5.83. The van der Waals surface area contributed by atoms with Gasteiger partial charge in [0.25, 0.3) is 5.91 Å². The molecule has 6 nitrogen and oxygen atoms in total. The van der Waals surface area contributed by atoms with Gasteiger partial charge in [-0.3, -0.25) is 9.69 Å². The summed E-state index contributed by atoms with van der Waals surface area (Å²) in [7, 11) is 0. The molecule has 0 spiro atoms. The van der Waals surface area contributed by atoms with Crippen LogP contribution in [0.3, 0.4) is 0 Å². The Kier molecular flexibility index (Phi) is 5.40. The highest BCUT2D eigenvalue weighted by Gasteiger charge is 2.21. The van der Waals surface area contributed by atoms with Crippen LogP contribution in [0.2, 0.25) is 0 Å². The summed E-state index contributed by atoms with van der Waals surface area (Å²) in [5.74, 6) is 0.146. The fraction of sp³-hybridized carbons (Fsp3) is 0.316. The number of aromatic nitrogens is 2. The molecule has 1 saturated heterocycles. The number of primary amides is 1. The van der Waals surface area contributed by atoms with Crippen molar-refractivity contribution in [2.45, 2.75) is 13.0 Å². The number of rotatable bonds is 5. The minimum atomic E-state index is -0.504. The van der Waals surface area contributed by atoms with Gasteiger partial charge < -0.3 is 10.6 Å². The Morgan fingerprint density at radius 1 is 1.12 bits per heavy atom. The van der Waals surface area contributed by atoms with Crippen LogP contribution in [0.5, 0.6) is 0 Å². The Morgan fingerprint density at radius 2 is 1.76 bits per heavy atom. The molecule has 2 aromatic rings. The molecule has 1 unspecified atom stereocenters. The zero-order valence-corrected chi connectivity index (χ0v) is 14.4. The van der Waals surface area contributed by atoms with E-state index in [2.05, 4.69) is 51.0 Å². The predicted molar refractivity (Wildman–Crippen MR) is 99.3 cm³/mol. The molecule has 3 rings (SSSR count). The molecule has 1 fully saturated rings. The molecule has 0 aliphatic carbocycles. The molecule has 1 amide bonds. The fourth-order valence-corrected chi connectivity index (χ4v) is 2.88. The van der Waals surface area contributed by atoms with E-state index in [-0.39, 0.29) is 0 Å². The van der Waals surface area contributed by atoms with Crippen LogP contribution in [0.25, 0.3) is 6.08 Å². The molecule has 0 radical (unpaired) electrons. The molecule has 1 aliphatic rings. The Bertz CT molecular complexity index is 721. The number of benzene rings is 1. The van der Waals surface area contributed by atoms with Crippen LogP contribution in [0, 0.1) is 0 Å². The minimum Gasteiger partial charge on any atom is -0.366 e. The molecule has 2 N–H and O–H groups in total. The minimum absolute atomic E-state index is 0.335. The third-order valence-corrected chi connectivity index (χ3v) is 4.46. The molecule has 6 heteroatoms. The van der Waals surface area contributed by atoms with E-state index < -0.39 is 5.91 Å². The van der Waals surface area contributed by atoms with Gasteiger partial charge in [-0.05, 0) is 12.5 Å². The van der Waals surface area contributed by atoms with Crippen molar-refractivity contribution < 1.29 is 4.79 Å². The summed E-state index contributed by atoms with van der Waals surface area (Å²) in [6.07, 6.45) is 7.39. The van der Waals surface area contributed by atoms with Crippen LogP contribution in [-0.4, -0.2) is 53.0 Å². The van der Waals surface area contributed by atoms with E-state index in [0.717, 1.165) is 26.2 Å². The molecule has 1 aromatic carbocycles. The first-order valence-electron chi connectivity index (χ1n) is 8.47. The summed E-state index contributed by atoms with van der Waals surface area (Å²) in [6, 6.07) is 10.7. The first-order valence-corrected chi connectivity index (χ1v) is 8.47. The van der Waals surface area contributed by atoms with Gasteiger partial charge in [0.05, 0.1) is 5.56 Å². The molecule has 0 bridgehead atoms. The van der Waals surface area contributed by atoms with Crippen molar-refractivity contribution in [2.75, 3.05) is 31.1 Å². The van der Waals surface area contributed by atoms with Crippen LogP contribution < -0.4 is 10.6 Å². The standard InChI is InChI=1S/C19H23N5O/c1-15(7-8-16-5-3-2-4-6-16)23-9-11-24(12-10-23)19-21-13-17(14-22-19)18(20)25/h2-8,13-15H,9-12H2,1H3,(H2,20,25)/b8-7+. The normalized spacial score (nSPS) is 16.9. The van der Waals surface area contributed by atoms with E-state index in [1.807, 2.05) is 18.2 Å². The Labute approximate surface area is 148 Å². The van der Waals surface area contributed by atoms with Gasteiger partial charge in [0.1, 0.15) is 0 Å². The lowest BCUT2D eigenvalue weighted by Crippen LogP contribution is -2.49. The maximum atomic E-state index is 11.1. The summed E-state index contributed by atoms with van der Waals surface area (Å²) in [5.41, 5.74) is 6.77. The van der Waals surface area contributed by atoms with Crippen LogP contribution in [0.15, 0.2) is 48.8 Å². The van der Waals surface area contributed by atoms with Gasteiger partial charge in [0.15, 0.2) is 0 Å². The SMILES string of the molecule is CC(/C=C/c1ccccc1)N1CCN(c2ncc(C(N)=O)cn2)CC1. The molecule has 130 valence electrons. The molecule has 1 aliphatic heterocycles. The average molecular weight is 337 g/mol. The number of carbonyl (C=O) groups is 1. The number of anilines is 1. The van der Waals surface area contributed by atoms with Crippen molar-refractivity contribution in [1.29, 1.82) is 0 Å². The lowest BCUT2D eigenvalue weighted by Gasteiger charge is -2.37. The van der Waals surface area contributed by atoms with E-state index >= 15 is 0 Å². The topological polar surface area (TPSA) is 75.3 Å². The highest BCUT2D eigenvalue weighted by molar-refractivity contribution is 5.92. The van der Waals surface area contributed by atoms with Crippen molar-refractivity contribution >= 4 is 17.9 Å². The Balaban J connectivity index is 1.54. The highest BCUT2D eigenvalue weighted by Crippen LogP contribution is 2.14.